The highest BCUT2D eigenvalue weighted by Crippen LogP contribution is 2.34. The number of ether oxygens (including phenoxy) is 4. The van der Waals surface area contributed by atoms with Crippen molar-refractivity contribution in [2.45, 2.75) is 37.9 Å². The summed E-state index contributed by atoms with van der Waals surface area (Å²) in [6.45, 7) is 2.68. The Bertz CT molecular complexity index is 2760. The number of nitriles is 2. The van der Waals surface area contributed by atoms with Crippen molar-refractivity contribution in [2.75, 3.05) is 31.7 Å². The molecule has 0 aliphatic carbocycles. The van der Waals surface area contributed by atoms with Gasteiger partial charge in [0.1, 0.15) is 58.5 Å². The Hall–Kier alpha value is -7.52. The second kappa shape index (κ2) is 18.0. The van der Waals surface area contributed by atoms with Crippen LogP contribution in [-0.4, -0.2) is 75.6 Å². The highest BCUT2D eigenvalue weighted by Gasteiger charge is 2.21. The number of anilines is 1. The van der Waals surface area contributed by atoms with Gasteiger partial charge in [-0.05, 0) is 82.9 Å². The molecular formula is C46H39N7O7. The first-order valence-electron chi connectivity index (χ1n) is 19.5. The number of aromatic amines is 2. The summed E-state index contributed by atoms with van der Waals surface area (Å²) in [6.07, 6.45) is 6.64. The van der Waals surface area contributed by atoms with Gasteiger partial charge < -0.3 is 39.3 Å². The first-order chi connectivity index (χ1) is 29.4. The molecule has 0 atom stereocenters. The Morgan fingerprint density at radius 3 is 1.63 bits per heavy atom. The summed E-state index contributed by atoms with van der Waals surface area (Å²) in [5.74, 6) is -0.158. The van der Waals surface area contributed by atoms with E-state index in [1.54, 1.807) is 42.7 Å². The van der Waals surface area contributed by atoms with Gasteiger partial charge in [0, 0.05) is 54.5 Å². The quantitative estimate of drug-likeness (QED) is 0.109. The number of carbonyl (C=O) groups is 2. The van der Waals surface area contributed by atoms with E-state index in [1.807, 2.05) is 60.7 Å². The maximum atomic E-state index is 12.7. The molecule has 1 amide bonds. The number of H-pyrrole nitrogens is 2. The summed E-state index contributed by atoms with van der Waals surface area (Å²) in [6, 6.07) is 31.8. The van der Waals surface area contributed by atoms with E-state index in [4.69, 9.17) is 18.9 Å². The molecule has 6 heterocycles. The molecule has 9 rings (SSSR count). The van der Waals surface area contributed by atoms with Gasteiger partial charge in [-0.1, -0.05) is 30.3 Å². The van der Waals surface area contributed by atoms with Gasteiger partial charge in [0.2, 0.25) is 0 Å². The fourth-order valence-corrected chi connectivity index (χ4v) is 7.24. The fraction of sp³-hybridized carbons (Fsp3) is 0.217. The number of carbonyl (C=O) groups excluding carboxylic acids is 1. The van der Waals surface area contributed by atoms with Gasteiger partial charge in [0.05, 0.1) is 37.6 Å². The van der Waals surface area contributed by atoms with Crippen molar-refractivity contribution in [1.82, 2.24) is 19.9 Å². The minimum absolute atomic E-state index is 0.0483. The van der Waals surface area contributed by atoms with Crippen LogP contribution in [0.15, 0.2) is 103 Å². The van der Waals surface area contributed by atoms with Crippen LogP contribution in [0.2, 0.25) is 0 Å². The lowest BCUT2D eigenvalue weighted by atomic mass is 10.0. The maximum absolute atomic E-state index is 12.7. The molecule has 0 unspecified atom stereocenters. The lowest BCUT2D eigenvalue weighted by molar-refractivity contribution is 0.0252. The van der Waals surface area contributed by atoms with Crippen molar-refractivity contribution in [3.05, 3.63) is 126 Å². The van der Waals surface area contributed by atoms with E-state index >= 15 is 0 Å². The van der Waals surface area contributed by atoms with Crippen LogP contribution in [0.1, 0.15) is 57.8 Å². The number of fused-ring (bicyclic) bond motifs is 2. The van der Waals surface area contributed by atoms with E-state index in [-0.39, 0.29) is 23.8 Å². The number of aromatic nitrogens is 4. The third-order valence-corrected chi connectivity index (χ3v) is 10.3. The molecule has 14 nitrogen and oxygen atoms in total. The van der Waals surface area contributed by atoms with Crippen molar-refractivity contribution in [2.24, 2.45) is 0 Å². The van der Waals surface area contributed by atoms with Gasteiger partial charge in [0.25, 0.3) is 5.91 Å². The maximum Gasteiger partial charge on any atom is 0.352 e. The Kier molecular flexibility index (Phi) is 11.8. The second-order valence-corrected chi connectivity index (χ2v) is 14.2. The first-order valence-corrected chi connectivity index (χ1v) is 19.5. The van der Waals surface area contributed by atoms with Crippen molar-refractivity contribution in [3.63, 3.8) is 0 Å². The third kappa shape index (κ3) is 8.80. The summed E-state index contributed by atoms with van der Waals surface area (Å²) in [4.78, 5) is 38.4. The Morgan fingerprint density at radius 1 is 0.667 bits per heavy atom. The molecule has 0 bridgehead atoms. The Labute approximate surface area is 344 Å². The number of nitrogens with zero attached hydrogens (tertiary/aromatic N) is 4. The highest BCUT2D eigenvalue weighted by atomic mass is 16.5. The Morgan fingerprint density at radius 2 is 1.15 bits per heavy atom. The van der Waals surface area contributed by atoms with E-state index in [1.165, 1.54) is 0 Å². The predicted molar refractivity (Wildman–Crippen MR) is 223 cm³/mol. The molecule has 2 aliphatic rings. The van der Waals surface area contributed by atoms with E-state index < -0.39 is 5.97 Å². The number of nitrogens with one attached hydrogen (secondary N) is 3. The molecule has 2 fully saturated rings. The van der Waals surface area contributed by atoms with Crippen LogP contribution in [0.25, 0.3) is 44.3 Å². The number of para-hydroxylation sites is 1. The predicted octanol–water partition coefficient (Wildman–Crippen LogP) is 8.27. The normalized spacial score (nSPS) is 14.4. The van der Waals surface area contributed by atoms with E-state index in [2.05, 4.69) is 37.4 Å². The fourth-order valence-electron chi connectivity index (χ4n) is 7.24. The zero-order valence-corrected chi connectivity index (χ0v) is 32.3. The molecule has 4 N–H and O–H groups in total. The number of pyridine rings is 2. The minimum atomic E-state index is -1.04. The van der Waals surface area contributed by atoms with Crippen LogP contribution in [0.3, 0.4) is 0 Å². The standard InChI is InChI=1S/C26H22N4O3.C20H17N3O4/c27-16-18-14-17(6-7-24(18)33-20-9-12-32-13-10-20)21-8-11-28-25-22(21)15-23(30-25)26(31)29-19-4-2-1-3-5-19;21-11-13-9-12(1-2-18(13)27-14-4-7-26-8-5-14)15-3-6-22-19-16(15)10-17(23-19)20(24)25/h1-8,11,14-15,20H,9-10,12-13H2,(H,28,30)(H,29,31);1-3,6,9-10,14H,4-5,7-8H2,(H,22,23)(H,24,25). The van der Waals surface area contributed by atoms with Gasteiger partial charge >= 0.3 is 5.97 Å². The van der Waals surface area contributed by atoms with Crippen LogP contribution in [-0.2, 0) is 9.47 Å². The monoisotopic (exact) mass is 801 g/mol. The first kappa shape index (κ1) is 39.3. The highest BCUT2D eigenvalue weighted by molar-refractivity contribution is 6.07. The molecule has 60 heavy (non-hydrogen) atoms. The van der Waals surface area contributed by atoms with E-state index in [9.17, 15) is 25.2 Å². The second-order valence-electron chi connectivity index (χ2n) is 14.2. The molecule has 0 spiro atoms. The molecule has 14 heteroatoms. The number of benzene rings is 3. The summed E-state index contributed by atoms with van der Waals surface area (Å²) < 4.78 is 22.8. The smallest absolute Gasteiger partial charge is 0.352 e. The minimum Gasteiger partial charge on any atom is -0.489 e. The average Bonchev–Trinajstić information content (AvgIpc) is 3.94. The van der Waals surface area contributed by atoms with Crippen LogP contribution in [0.4, 0.5) is 5.69 Å². The summed E-state index contributed by atoms with van der Waals surface area (Å²) >= 11 is 0. The largest absolute Gasteiger partial charge is 0.489 e. The van der Waals surface area contributed by atoms with Crippen molar-refractivity contribution >= 4 is 39.6 Å². The van der Waals surface area contributed by atoms with Crippen LogP contribution >= 0.6 is 0 Å². The number of carboxylic acid groups (broad SMARTS) is 1. The number of hydrogen-bond donors (Lipinski definition) is 4. The zero-order valence-electron chi connectivity index (χ0n) is 32.3. The third-order valence-electron chi connectivity index (χ3n) is 10.3. The molecule has 2 saturated heterocycles. The molecule has 7 aromatic rings. The number of amides is 1. The zero-order chi connectivity index (χ0) is 41.4. The van der Waals surface area contributed by atoms with Gasteiger partial charge in [-0.3, -0.25) is 4.79 Å². The van der Waals surface area contributed by atoms with Crippen molar-refractivity contribution < 1.29 is 33.6 Å². The number of rotatable bonds is 9. The molecule has 0 saturated carbocycles. The topological polar surface area (TPSA) is 208 Å². The number of carboxylic acids is 1. The number of hydrogen-bond acceptors (Lipinski definition) is 10. The lowest BCUT2D eigenvalue weighted by Crippen LogP contribution is -2.26. The molecule has 3 aromatic carbocycles. The van der Waals surface area contributed by atoms with Gasteiger partial charge in [0.15, 0.2) is 0 Å². The summed E-state index contributed by atoms with van der Waals surface area (Å²) in [7, 11) is 0. The molecular weight excluding hydrogens is 763 g/mol. The Balaban J connectivity index is 0.000000170. The molecule has 4 aromatic heterocycles. The SMILES string of the molecule is N#Cc1cc(-c2ccnc3[nH]c(C(=O)Nc4ccccc4)cc23)ccc1OC1CCOCC1.N#Cc1cc(-c2ccnc3[nH]c(C(=O)O)cc23)ccc1OC1CCOCC1. The summed E-state index contributed by atoms with van der Waals surface area (Å²) in [5, 5.41) is 32.8. The van der Waals surface area contributed by atoms with Gasteiger partial charge in [-0.25, -0.2) is 14.8 Å². The lowest BCUT2D eigenvalue weighted by Gasteiger charge is -2.23. The van der Waals surface area contributed by atoms with Crippen LogP contribution < -0.4 is 14.8 Å². The van der Waals surface area contributed by atoms with E-state index in [0.29, 0.717) is 77.1 Å². The van der Waals surface area contributed by atoms with E-state index in [0.717, 1.165) is 53.3 Å². The van der Waals surface area contributed by atoms with Crippen molar-refractivity contribution in [3.8, 4) is 45.9 Å². The van der Waals surface area contributed by atoms with Gasteiger partial charge in [-0.2, -0.15) is 10.5 Å². The molecule has 2 aliphatic heterocycles. The van der Waals surface area contributed by atoms with Crippen LogP contribution in [0.5, 0.6) is 11.5 Å². The summed E-state index contributed by atoms with van der Waals surface area (Å²) in [5.41, 5.74) is 6.55. The van der Waals surface area contributed by atoms with Crippen LogP contribution in [0, 0.1) is 22.7 Å². The number of aromatic carboxylic acids is 1. The molecule has 0 radical (unpaired) electrons. The van der Waals surface area contributed by atoms with Gasteiger partial charge in [-0.15, -0.1) is 0 Å². The average molecular weight is 802 g/mol. The van der Waals surface area contributed by atoms with Crippen molar-refractivity contribution in [1.29, 1.82) is 10.5 Å². The molecule has 300 valence electrons.